The number of ether oxygens (including phenoxy) is 3. The predicted octanol–water partition coefficient (Wildman–Crippen LogP) is 3.88. The molecule has 1 amide bonds. The monoisotopic (exact) mass is 411 g/mol. The summed E-state index contributed by atoms with van der Waals surface area (Å²) < 4.78 is 15.9. The number of benzene rings is 2. The van der Waals surface area contributed by atoms with Crippen LogP contribution in [0.15, 0.2) is 48.5 Å². The summed E-state index contributed by atoms with van der Waals surface area (Å²) in [6.07, 6.45) is 1.78. The maximum Gasteiger partial charge on any atom is 0.331 e. The lowest BCUT2D eigenvalue weighted by atomic mass is 10.1. The first kappa shape index (κ1) is 22.7. The molecule has 1 atom stereocenters. The van der Waals surface area contributed by atoms with Crippen molar-refractivity contribution in [3.8, 4) is 11.5 Å². The average Bonchev–Trinajstić information content (AvgIpc) is 2.72. The van der Waals surface area contributed by atoms with E-state index in [0.717, 1.165) is 0 Å². The Morgan fingerprint density at radius 1 is 1.10 bits per heavy atom. The lowest BCUT2D eigenvalue weighted by Crippen LogP contribution is -2.29. The van der Waals surface area contributed by atoms with Gasteiger partial charge in [0.1, 0.15) is 0 Å². The number of hydrogen-bond donors (Lipinski definition) is 1. The molecule has 0 spiro atoms. The van der Waals surface area contributed by atoms with Crippen molar-refractivity contribution in [2.24, 2.45) is 0 Å². The van der Waals surface area contributed by atoms with E-state index in [0.29, 0.717) is 34.9 Å². The molecule has 0 heterocycles. The Bertz CT molecular complexity index is 950. The molecule has 0 radical (unpaired) electrons. The van der Waals surface area contributed by atoms with E-state index in [2.05, 4.69) is 5.32 Å². The summed E-state index contributed by atoms with van der Waals surface area (Å²) in [4.78, 5) is 35.8. The highest BCUT2D eigenvalue weighted by Crippen LogP contribution is 2.28. The number of amides is 1. The standard InChI is InChI=1S/C23H25NO6/c1-5-29-21-13-17(9-11-20(21)28-4)10-12-22(26)30-16(3)23(27)24-19-8-6-7-18(14-19)15(2)25/h6-14,16H,5H2,1-4H3,(H,24,27)/b12-10+/t16-/m1/s1. The highest BCUT2D eigenvalue weighted by atomic mass is 16.5. The third-order valence-corrected chi connectivity index (χ3v) is 4.10. The molecule has 158 valence electrons. The summed E-state index contributed by atoms with van der Waals surface area (Å²) in [7, 11) is 1.55. The summed E-state index contributed by atoms with van der Waals surface area (Å²) in [6, 6.07) is 11.8. The topological polar surface area (TPSA) is 90.9 Å². The van der Waals surface area contributed by atoms with Crippen molar-refractivity contribution in [3.63, 3.8) is 0 Å². The van der Waals surface area contributed by atoms with Gasteiger partial charge in [-0.1, -0.05) is 18.2 Å². The van der Waals surface area contributed by atoms with Gasteiger partial charge >= 0.3 is 5.97 Å². The van der Waals surface area contributed by atoms with Crippen LogP contribution >= 0.6 is 0 Å². The lowest BCUT2D eigenvalue weighted by molar-refractivity contribution is -0.148. The summed E-state index contributed by atoms with van der Waals surface area (Å²) in [5, 5.41) is 2.63. The first-order chi connectivity index (χ1) is 14.3. The van der Waals surface area contributed by atoms with E-state index in [1.54, 1.807) is 55.7 Å². The van der Waals surface area contributed by atoms with Crippen LogP contribution in [0.1, 0.15) is 36.7 Å². The molecule has 0 saturated carbocycles. The maximum atomic E-state index is 12.3. The second-order valence-corrected chi connectivity index (χ2v) is 6.38. The largest absolute Gasteiger partial charge is 0.493 e. The molecule has 2 rings (SSSR count). The van der Waals surface area contributed by atoms with Gasteiger partial charge in [0.15, 0.2) is 23.4 Å². The number of anilines is 1. The minimum absolute atomic E-state index is 0.110. The van der Waals surface area contributed by atoms with Crippen molar-refractivity contribution in [3.05, 3.63) is 59.7 Å². The van der Waals surface area contributed by atoms with E-state index in [4.69, 9.17) is 14.2 Å². The molecular weight excluding hydrogens is 386 g/mol. The molecule has 30 heavy (non-hydrogen) atoms. The fraction of sp³-hybridized carbons (Fsp3) is 0.261. The zero-order chi connectivity index (χ0) is 22.1. The van der Waals surface area contributed by atoms with Gasteiger partial charge in [-0.15, -0.1) is 0 Å². The molecule has 0 aliphatic carbocycles. The van der Waals surface area contributed by atoms with Crippen LogP contribution in [0.25, 0.3) is 6.08 Å². The number of esters is 1. The minimum Gasteiger partial charge on any atom is -0.493 e. The van der Waals surface area contributed by atoms with Gasteiger partial charge in [0.25, 0.3) is 5.91 Å². The highest BCUT2D eigenvalue weighted by Gasteiger charge is 2.17. The van der Waals surface area contributed by atoms with Gasteiger partial charge < -0.3 is 19.5 Å². The number of carbonyl (C=O) groups is 3. The second-order valence-electron chi connectivity index (χ2n) is 6.38. The van der Waals surface area contributed by atoms with Crippen molar-refractivity contribution in [1.82, 2.24) is 0 Å². The molecule has 0 aliphatic heterocycles. The molecule has 1 N–H and O–H groups in total. The molecule has 0 fully saturated rings. The summed E-state index contributed by atoms with van der Waals surface area (Å²) in [5.74, 6) is -0.113. The zero-order valence-electron chi connectivity index (χ0n) is 17.4. The van der Waals surface area contributed by atoms with Crippen LogP contribution in [0.3, 0.4) is 0 Å². The van der Waals surface area contributed by atoms with Crippen LogP contribution in [0.2, 0.25) is 0 Å². The quantitative estimate of drug-likeness (QED) is 0.383. The highest BCUT2D eigenvalue weighted by molar-refractivity contribution is 5.99. The van der Waals surface area contributed by atoms with Crippen LogP contribution in [0, 0.1) is 0 Å². The SMILES string of the molecule is CCOc1cc(/C=C/C(=O)O[C@H](C)C(=O)Nc2cccc(C(C)=O)c2)ccc1OC. The van der Waals surface area contributed by atoms with Gasteiger partial charge in [0.05, 0.1) is 13.7 Å². The van der Waals surface area contributed by atoms with Crippen molar-refractivity contribution < 1.29 is 28.6 Å². The first-order valence-corrected chi connectivity index (χ1v) is 9.45. The number of ketones is 1. The molecule has 7 heteroatoms. The summed E-state index contributed by atoms with van der Waals surface area (Å²) >= 11 is 0. The fourth-order valence-electron chi connectivity index (χ4n) is 2.56. The Labute approximate surface area is 175 Å². The molecule has 0 saturated heterocycles. The normalized spacial score (nSPS) is 11.6. The van der Waals surface area contributed by atoms with Gasteiger partial charge in [0.2, 0.25) is 0 Å². The Kier molecular flexibility index (Phi) is 8.17. The molecule has 0 bridgehead atoms. The first-order valence-electron chi connectivity index (χ1n) is 9.45. The maximum absolute atomic E-state index is 12.3. The van der Waals surface area contributed by atoms with E-state index in [-0.39, 0.29) is 5.78 Å². The molecule has 0 aromatic heterocycles. The zero-order valence-corrected chi connectivity index (χ0v) is 17.4. The number of Topliss-reactive ketones (excluding diaryl/α,β-unsaturated/α-hetero) is 1. The minimum atomic E-state index is -1.02. The van der Waals surface area contributed by atoms with Crippen LogP contribution < -0.4 is 14.8 Å². The van der Waals surface area contributed by atoms with Gasteiger partial charge in [-0.25, -0.2) is 4.79 Å². The third-order valence-electron chi connectivity index (χ3n) is 4.10. The molecule has 0 aliphatic rings. The van der Waals surface area contributed by atoms with Gasteiger partial charge in [-0.3, -0.25) is 9.59 Å². The van der Waals surface area contributed by atoms with Crippen LogP contribution in [0.5, 0.6) is 11.5 Å². The van der Waals surface area contributed by atoms with Gasteiger partial charge in [-0.05, 0) is 56.7 Å². The molecular formula is C23H25NO6. The van der Waals surface area contributed by atoms with E-state index in [9.17, 15) is 14.4 Å². The predicted molar refractivity (Wildman–Crippen MR) is 114 cm³/mol. The molecule has 2 aromatic carbocycles. The smallest absolute Gasteiger partial charge is 0.331 e. The van der Waals surface area contributed by atoms with Crippen molar-refractivity contribution in [1.29, 1.82) is 0 Å². The van der Waals surface area contributed by atoms with Gasteiger partial charge in [-0.2, -0.15) is 0 Å². The van der Waals surface area contributed by atoms with Gasteiger partial charge in [0, 0.05) is 17.3 Å². The Morgan fingerprint density at radius 2 is 1.87 bits per heavy atom. The molecule has 0 unspecified atom stereocenters. The van der Waals surface area contributed by atoms with E-state index in [1.807, 2.05) is 6.92 Å². The second kappa shape index (κ2) is 10.8. The third kappa shape index (κ3) is 6.48. The summed E-state index contributed by atoms with van der Waals surface area (Å²) in [6.45, 7) is 5.25. The number of nitrogens with one attached hydrogen (secondary N) is 1. The van der Waals surface area contributed by atoms with E-state index < -0.39 is 18.0 Å². The number of methoxy groups -OCH3 is 1. The number of carbonyl (C=O) groups excluding carboxylic acids is 3. The van der Waals surface area contributed by atoms with E-state index >= 15 is 0 Å². The van der Waals surface area contributed by atoms with Crippen molar-refractivity contribution >= 4 is 29.4 Å². The molecule has 2 aromatic rings. The summed E-state index contributed by atoms with van der Waals surface area (Å²) in [5.41, 5.74) is 1.65. The average molecular weight is 411 g/mol. The van der Waals surface area contributed by atoms with Crippen molar-refractivity contribution in [2.45, 2.75) is 26.9 Å². The molecule has 7 nitrogen and oxygen atoms in total. The van der Waals surface area contributed by atoms with E-state index in [1.165, 1.54) is 19.9 Å². The van der Waals surface area contributed by atoms with Crippen LogP contribution in [-0.2, 0) is 14.3 Å². The fourth-order valence-corrected chi connectivity index (χ4v) is 2.56. The Morgan fingerprint density at radius 3 is 2.53 bits per heavy atom. The van der Waals surface area contributed by atoms with Crippen LogP contribution in [-0.4, -0.2) is 37.5 Å². The lowest BCUT2D eigenvalue weighted by Gasteiger charge is -2.13. The Balaban J connectivity index is 1.96. The van der Waals surface area contributed by atoms with Crippen molar-refractivity contribution in [2.75, 3.05) is 19.0 Å². The van der Waals surface area contributed by atoms with Crippen LogP contribution in [0.4, 0.5) is 5.69 Å². The number of hydrogen-bond acceptors (Lipinski definition) is 6. The number of rotatable bonds is 9. The Hall–Kier alpha value is -3.61.